The Labute approximate surface area is 185 Å². The van der Waals surface area contributed by atoms with Crippen LogP contribution in [-0.2, 0) is 11.3 Å². The van der Waals surface area contributed by atoms with Crippen LogP contribution in [0.5, 0.6) is 0 Å². The summed E-state index contributed by atoms with van der Waals surface area (Å²) < 4.78 is 11.3. The highest BCUT2D eigenvalue weighted by Crippen LogP contribution is 2.33. The third-order valence-electron chi connectivity index (χ3n) is 6.37. The van der Waals surface area contributed by atoms with Crippen LogP contribution in [0.25, 0.3) is 11.5 Å². The van der Waals surface area contributed by atoms with E-state index in [4.69, 9.17) is 14.1 Å². The lowest BCUT2D eigenvalue weighted by atomic mass is 9.80. The molecule has 0 atom stereocenters. The number of rotatable bonds is 7. The molecule has 2 aliphatic rings. The third kappa shape index (κ3) is 5.66. The first-order valence-electron chi connectivity index (χ1n) is 11.6. The van der Waals surface area contributed by atoms with E-state index in [0.29, 0.717) is 12.4 Å². The van der Waals surface area contributed by atoms with E-state index in [2.05, 4.69) is 27.4 Å². The fourth-order valence-electron chi connectivity index (χ4n) is 4.70. The van der Waals surface area contributed by atoms with Crippen LogP contribution in [-0.4, -0.2) is 60.8 Å². The molecule has 2 aromatic rings. The van der Waals surface area contributed by atoms with Crippen molar-refractivity contribution in [1.29, 1.82) is 0 Å². The van der Waals surface area contributed by atoms with Crippen molar-refractivity contribution < 1.29 is 9.15 Å². The maximum absolute atomic E-state index is 5.65. The van der Waals surface area contributed by atoms with Gasteiger partial charge in [0.1, 0.15) is 12.0 Å². The number of aliphatic imine (C=N–C) groups is 1. The average Bonchev–Trinajstić information content (AvgIpc) is 3.32. The van der Waals surface area contributed by atoms with Crippen molar-refractivity contribution in [2.45, 2.75) is 51.1 Å². The Kier molecular flexibility index (Phi) is 7.59. The molecular formula is C24H35N5O2. The summed E-state index contributed by atoms with van der Waals surface area (Å²) in [6.45, 7) is 8.04. The summed E-state index contributed by atoms with van der Waals surface area (Å²) in [4.78, 5) is 12.0. The molecule has 168 valence electrons. The summed E-state index contributed by atoms with van der Waals surface area (Å²) in [5.74, 6) is 1.47. The molecule has 2 fully saturated rings. The van der Waals surface area contributed by atoms with E-state index < -0.39 is 0 Å². The van der Waals surface area contributed by atoms with Crippen molar-refractivity contribution in [3.63, 3.8) is 0 Å². The Hall–Kier alpha value is -2.38. The lowest BCUT2D eigenvalue weighted by Gasteiger charge is -2.48. The van der Waals surface area contributed by atoms with Gasteiger partial charge >= 0.3 is 0 Å². The number of guanidine groups is 1. The lowest BCUT2D eigenvalue weighted by Crippen LogP contribution is -2.60. The first kappa shape index (κ1) is 21.8. The van der Waals surface area contributed by atoms with Gasteiger partial charge in [0, 0.05) is 37.3 Å². The minimum atomic E-state index is 0.201. The molecule has 1 aliphatic heterocycles. The number of hydrogen-bond donors (Lipinski definition) is 2. The Morgan fingerprint density at radius 2 is 1.87 bits per heavy atom. The zero-order valence-electron chi connectivity index (χ0n) is 18.6. The van der Waals surface area contributed by atoms with Gasteiger partial charge < -0.3 is 19.8 Å². The number of morpholine rings is 1. The lowest BCUT2D eigenvalue weighted by molar-refractivity contribution is -0.0352. The molecule has 4 rings (SSSR count). The predicted octanol–water partition coefficient (Wildman–Crippen LogP) is 3.43. The monoisotopic (exact) mass is 425 g/mol. The Morgan fingerprint density at radius 1 is 1.10 bits per heavy atom. The molecule has 1 aromatic heterocycles. The van der Waals surface area contributed by atoms with Gasteiger partial charge in [-0.15, -0.1) is 0 Å². The van der Waals surface area contributed by atoms with E-state index in [1.807, 2.05) is 30.3 Å². The first-order valence-corrected chi connectivity index (χ1v) is 11.6. The molecule has 0 bridgehead atoms. The summed E-state index contributed by atoms with van der Waals surface area (Å²) >= 11 is 0. The van der Waals surface area contributed by atoms with Crippen LogP contribution in [0.1, 0.15) is 44.7 Å². The Morgan fingerprint density at radius 3 is 2.61 bits per heavy atom. The molecule has 7 nitrogen and oxygen atoms in total. The van der Waals surface area contributed by atoms with Crippen molar-refractivity contribution >= 4 is 5.96 Å². The SMILES string of the molecule is CCNC(=NCc1coc(-c2ccccc2)n1)NCC1(N2CCOCC2)CCCCC1. The Balaban J connectivity index is 1.41. The number of nitrogens with zero attached hydrogens (tertiary/aromatic N) is 3. The van der Waals surface area contributed by atoms with Gasteiger partial charge in [-0.1, -0.05) is 37.5 Å². The largest absolute Gasteiger partial charge is 0.444 e. The van der Waals surface area contributed by atoms with Gasteiger partial charge in [0.15, 0.2) is 5.96 Å². The molecule has 1 saturated carbocycles. The highest BCUT2D eigenvalue weighted by Gasteiger charge is 2.38. The number of aromatic nitrogens is 1. The molecule has 7 heteroatoms. The van der Waals surface area contributed by atoms with E-state index in [1.54, 1.807) is 6.26 Å². The zero-order valence-corrected chi connectivity index (χ0v) is 18.6. The van der Waals surface area contributed by atoms with Gasteiger partial charge in [0.25, 0.3) is 0 Å². The molecule has 2 N–H and O–H groups in total. The zero-order chi connectivity index (χ0) is 21.4. The van der Waals surface area contributed by atoms with Gasteiger partial charge in [0.2, 0.25) is 5.89 Å². The summed E-state index contributed by atoms with van der Waals surface area (Å²) in [6.07, 6.45) is 8.12. The van der Waals surface area contributed by atoms with E-state index in [9.17, 15) is 0 Å². The molecular weight excluding hydrogens is 390 g/mol. The Bertz CT molecular complexity index is 824. The summed E-state index contributed by atoms with van der Waals surface area (Å²) in [6, 6.07) is 9.96. The predicted molar refractivity (Wildman–Crippen MR) is 123 cm³/mol. The quantitative estimate of drug-likeness (QED) is 0.523. The van der Waals surface area contributed by atoms with E-state index >= 15 is 0 Å². The number of ether oxygens (including phenoxy) is 1. The molecule has 1 aliphatic carbocycles. The van der Waals surface area contributed by atoms with Crippen LogP contribution in [0.4, 0.5) is 0 Å². The molecule has 0 unspecified atom stereocenters. The minimum absolute atomic E-state index is 0.201. The first-order chi connectivity index (χ1) is 15.3. The van der Waals surface area contributed by atoms with Crippen molar-refractivity contribution in [2.24, 2.45) is 4.99 Å². The highest BCUT2D eigenvalue weighted by atomic mass is 16.5. The highest BCUT2D eigenvalue weighted by molar-refractivity contribution is 5.79. The second-order valence-electron chi connectivity index (χ2n) is 8.44. The van der Waals surface area contributed by atoms with Crippen LogP contribution < -0.4 is 10.6 Å². The van der Waals surface area contributed by atoms with Crippen molar-refractivity contribution in [2.75, 3.05) is 39.4 Å². The van der Waals surface area contributed by atoms with Gasteiger partial charge in [0.05, 0.1) is 19.8 Å². The molecule has 0 radical (unpaired) electrons. The van der Waals surface area contributed by atoms with Crippen molar-refractivity contribution in [3.05, 3.63) is 42.3 Å². The number of oxazole rings is 1. The van der Waals surface area contributed by atoms with Crippen molar-refractivity contribution in [3.8, 4) is 11.5 Å². The standard InChI is InChI=1S/C24H35N5O2/c1-2-25-23(26-17-21-18-31-22(28-21)20-9-5-3-6-10-20)27-19-24(11-7-4-8-12-24)29-13-15-30-16-14-29/h3,5-6,9-10,18H,2,4,7-8,11-17,19H2,1H3,(H2,25,26,27). The fourth-order valence-corrected chi connectivity index (χ4v) is 4.70. The normalized spacial score (nSPS) is 19.8. The number of nitrogens with one attached hydrogen (secondary N) is 2. The maximum atomic E-state index is 5.65. The van der Waals surface area contributed by atoms with Crippen LogP contribution in [0.2, 0.25) is 0 Å². The van der Waals surface area contributed by atoms with Gasteiger partial charge in [-0.05, 0) is 31.9 Å². The second-order valence-corrected chi connectivity index (χ2v) is 8.44. The van der Waals surface area contributed by atoms with Crippen LogP contribution in [0.3, 0.4) is 0 Å². The molecule has 1 saturated heterocycles. The second kappa shape index (κ2) is 10.8. The average molecular weight is 426 g/mol. The van der Waals surface area contributed by atoms with Crippen LogP contribution >= 0.6 is 0 Å². The minimum Gasteiger partial charge on any atom is -0.444 e. The van der Waals surface area contributed by atoms with E-state index in [0.717, 1.165) is 56.6 Å². The summed E-state index contributed by atoms with van der Waals surface area (Å²) in [7, 11) is 0. The van der Waals surface area contributed by atoms with Crippen LogP contribution in [0.15, 0.2) is 46.0 Å². The molecule has 0 spiro atoms. The summed E-state index contributed by atoms with van der Waals surface area (Å²) in [5, 5.41) is 7.02. The number of benzene rings is 1. The van der Waals surface area contributed by atoms with E-state index in [-0.39, 0.29) is 5.54 Å². The smallest absolute Gasteiger partial charge is 0.226 e. The van der Waals surface area contributed by atoms with Gasteiger partial charge in [-0.3, -0.25) is 4.90 Å². The van der Waals surface area contributed by atoms with Gasteiger partial charge in [-0.2, -0.15) is 0 Å². The summed E-state index contributed by atoms with van der Waals surface area (Å²) in [5.41, 5.74) is 2.01. The third-order valence-corrected chi connectivity index (χ3v) is 6.37. The van der Waals surface area contributed by atoms with Crippen LogP contribution in [0, 0.1) is 0 Å². The number of hydrogen-bond acceptors (Lipinski definition) is 5. The van der Waals surface area contributed by atoms with Crippen molar-refractivity contribution in [1.82, 2.24) is 20.5 Å². The van der Waals surface area contributed by atoms with Gasteiger partial charge in [-0.25, -0.2) is 9.98 Å². The molecule has 0 amide bonds. The topological polar surface area (TPSA) is 74.9 Å². The van der Waals surface area contributed by atoms with E-state index in [1.165, 1.54) is 32.1 Å². The molecule has 1 aromatic carbocycles. The molecule has 31 heavy (non-hydrogen) atoms. The maximum Gasteiger partial charge on any atom is 0.226 e. The fraction of sp³-hybridized carbons (Fsp3) is 0.583. The molecule has 2 heterocycles.